The molecule has 0 bridgehead atoms. The van der Waals surface area contributed by atoms with E-state index in [1.165, 1.54) is 23.1 Å². The highest BCUT2D eigenvalue weighted by Crippen LogP contribution is 2.24. The van der Waals surface area contributed by atoms with E-state index in [0.717, 1.165) is 9.35 Å². The van der Waals surface area contributed by atoms with Gasteiger partial charge < -0.3 is 4.90 Å². The zero-order valence-corrected chi connectivity index (χ0v) is 13.1. The lowest BCUT2D eigenvalue weighted by Gasteiger charge is -2.17. The van der Waals surface area contributed by atoms with E-state index < -0.39 is 5.82 Å². The van der Waals surface area contributed by atoms with Crippen molar-refractivity contribution in [2.45, 2.75) is 6.54 Å². The summed E-state index contributed by atoms with van der Waals surface area (Å²) in [6.45, 7) is 0.452. The molecule has 0 aliphatic rings. The Bertz CT molecular complexity index is 616. The van der Waals surface area contributed by atoms with Crippen molar-refractivity contribution >= 4 is 44.8 Å². The summed E-state index contributed by atoms with van der Waals surface area (Å²) in [6.07, 6.45) is 0. The highest BCUT2D eigenvalue weighted by Gasteiger charge is 2.17. The molecular formula is C13H10BrClFNOS. The van der Waals surface area contributed by atoms with E-state index in [1.807, 2.05) is 11.4 Å². The third kappa shape index (κ3) is 3.35. The van der Waals surface area contributed by atoms with Crippen LogP contribution in [0.4, 0.5) is 4.39 Å². The maximum absolute atomic E-state index is 13.3. The molecule has 2 aromatic rings. The Morgan fingerprint density at radius 1 is 1.53 bits per heavy atom. The largest absolute Gasteiger partial charge is 0.337 e. The van der Waals surface area contributed by atoms with Crippen LogP contribution in [0.1, 0.15) is 15.9 Å². The summed E-state index contributed by atoms with van der Waals surface area (Å²) in [5.74, 6) is -0.883. The second kappa shape index (κ2) is 6.03. The molecule has 0 N–H and O–H groups in total. The molecule has 1 heterocycles. The second-order valence-electron chi connectivity index (χ2n) is 4.02. The Morgan fingerprint density at radius 3 is 2.89 bits per heavy atom. The lowest BCUT2D eigenvalue weighted by atomic mass is 10.2. The van der Waals surface area contributed by atoms with Crippen LogP contribution >= 0.6 is 38.9 Å². The third-order valence-corrected chi connectivity index (χ3v) is 4.51. The first-order valence-corrected chi connectivity index (χ1v) is 7.46. The predicted octanol–water partition coefficient (Wildman–Crippen LogP) is 4.58. The van der Waals surface area contributed by atoms with Gasteiger partial charge in [0.05, 0.1) is 14.4 Å². The van der Waals surface area contributed by atoms with Gasteiger partial charge in [0.15, 0.2) is 0 Å². The number of hydrogen-bond acceptors (Lipinski definition) is 2. The monoisotopic (exact) mass is 361 g/mol. The van der Waals surface area contributed by atoms with E-state index in [9.17, 15) is 9.18 Å². The van der Waals surface area contributed by atoms with Crippen LogP contribution in [0.3, 0.4) is 0 Å². The summed E-state index contributed by atoms with van der Waals surface area (Å²) in [4.78, 5) is 13.7. The van der Waals surface area contributed by atoms with Gasteiger partial charge in [-0.2, -0.15) is 0 Å². The Kier molecular flexibility index (Phi) is 4.60. The van der Waals surface area contributed by atoms with E-state index >= 15 is 0 Å². The Morgan fingerprint density at radius 2 is 2.26 bits per heavy atom. The number of nitrogens with zero attached hydrogens (tertiary/aromatic N) is 1. The standard InChI is InChI=1S/C13H10BrClFNOS/c1-17(6-8-5-11(14)19-7-8)13(18)9-3-2-4-10(16)12(9)15/h2-5,7H,6H2,1H3. The number of carbonyl (C=O) groups excluding carboxylic acids is 1. The molecule has 0 spiro atoms. The number of thiophene rings is 1. The fourth-order valence-corrected chi connectivity index (χ4v) is 3.06. The molecule has 0 unspecified atom stereocenters. The minimum absolute atomic E-state index is 0.133. The summed E-state index contributed by atoms with van der Waals surface area (Å²) >= 11 is 10.7. The quantitative estimate of drug-likeness (QED) is 0.783. The summed E-state index contributed by atoms with van der Waals surface area (Å²) in [5, 5.41) is 1.83. The van der Waals surface area contributed by atoms with Crippen LogP contribution in [0.25, 0.3) is 0 Å². The molecule has 1 aromatic heterocycles. The van der Waals surface area contributed by atoms with E-state index in [1.54, 1.807) is 18.4 Å². The van der Waals surface area contributed by atoms with E-state index in [2.05, 4.69) is 15.9 Å². The van der Waals surface area contributed by atoms with Crippen LogP contribution in [0.15, 0.2) is 33.4 Å². The normalized spacial score (nSPS) is 10.5. The predicted molar refractivity (Wildman–Crippen MR) is 79.2 cm³/mol. The molecule has 0 atom stereocenters. The van der Waals surface area contributed by atoms with E-state index in [4.69, 9.17) is 11.6 Å². The number of amides is 1. The molecule has 19 heavy (non-hydrogen) atoms. The average molecular weight is 363 g/mol. The Balaban J connectivity index is 2.17. The van der Waals surface area contributed by atoms with E-state index in [-0.39, 0.29) is 16.5 Å². The third-order valence-electron chi connectivity index (χ3n) is 2.57. The van der Waals surface area contributed by atoms with Gasteiger partial charge in [-0.25, -0.2) is 4.39 Å². The van der Waals surface area contributed by atoms with Gasteiger partial charge in [-0.05, 0) is 45.1 Å². The van der Waals surface area contributed by atoms with Crippen molar-refractivity contribution in [3.63, 3.8) is 0 Å². The fourth-order valence-electron chi connectivity index (χ4n) is 1.65. The molecular weight excluding hydrogens is 353 g/mol. The topological polar surface area (TPSA) is 20.3 Å². The first-order chi connectivity index (χ1) is 8.99. The number of benzene rings is 1. The van der Waals surface area contributed by atoms with Crippen molar-refractivity contribution in [1.82, 2.24) is 4.90 Å². The summed E-state index contributed by atoms with van der Waals surface area (Å²) in [7, 11) is 1.66. The molecule has 2 nitrogen and oxygen atoms in total. The lowest BCUT2D eigenvalue weighted by molar-refractivity contribution is 0.0785. The first-order valence-electron chi connectivity index (χ1n) is 5.41. The SMILES string of the molecule is CN(Cc1csc(Br)c1)C(=O)c1cccc(F)c1Cl. The second-order valence-corrected chi connectivity index (χ2v) is 6.69. The van der Waals surface area contributed by atoms with Gasteiger partial charge in [0.25, 0.3) is 5.91 Å². The molecule has 1 amide bonds. The first kappa shape index (κ1) is 14.5. The van der Waals surface area contributed by atoms with Gasteiger partial charge in [-0.15, -0.1) is 11.3 Å². The molecule has 0 fully saturated rings. The van der Waals surface area contributed by atoms with Crippen molar-refractivity contribution in [2.75, 3.05) is 7.05 Å². The van der Waals surface area contributed by atoms with Gasteiger partial charge in [0.2, 0.25) is 0 Å². The highest BCUT2D eigenvalue weighted by molar-refractivity contribution is 9.11. The zero-order valence-electron chi connectivity index (χ0n) is 9.99. The maximum atomic E-state index is 13.3. The summed E-state index contributed by atoms with van der Waals surface area (Å²) in [5.41, 5.74) is 1.19. The maximum Gasteiger partial charge on any atom is 0.255 e. The van der Waals surface area contributed by atoms with Crippen molar-refractivity contribution in [1.29, 1.82) is 0 Å². The molecule has 0 aliphatic carbocycles. The van der Waals surface area contributed by atoms with Gasteiger partial charge in [-0.3, -0.25) is 4.79 Å². The molecule has 0 radical (unpaired) electrons. The van der Waals surface area contributed by atoms with E-state index in [0.29, 0.717) is 6.54 Å². The van der Waals surface area contributed by atoms with Crippen LogP contribution < -0.4 is 0 Å². The average Bonchev–Trinajstić information content (AvgIpc) is 2.77. The van der Waals surface area contributed by atoms with Crippen molar-refractivity contribution in [3.05, 3.63) is 55.4 Å². The number of rotatable bonds is 3. The van der Waals surface area contributed by atoms with Crippen LogP contribution in [0.2, 0.25) is 5.02 Å². The van der Waals surface area contributed by atoms with Crippen LogP contribution in [0, 0.1) is 5.82 Å². The lowest BCUT2D eigenvalue weighted by Crippen LogP contribution is -2.26. The van der Waals surface area contributed by atoms with Crippen molar-refractivity contribution < 1.29 is 9.18 Å². The van der Waals surface area contributed by atoms with Gasteiger partial charge in [-0.1, -0.05) is 17.7 Å². The fraction of sp³-hybridized carbons (Fsp3) is 0.154. The molecule has 6 heteroatoms. The van der Waals surface area contributed by atoms with Gasteiger partial charge in [0.1, 0.15) is 5.82 Å². The molecule has 0 saturated carbocycles. The Labute approximate surface area is 127 Å². The number of halogens is 3. The Hall–Kier alpha value is -0.910. The smallest absolute Gasteiger partial charge is 0.255 e. The minimum atomic E-state index is -0.584. The summed E-state index contributed by atoms with van der Waals surface area (Å²) < 4.78 is 14.3. The van der Waals surface area contributed by atoms with Gasteiger partial charge >= 0.3 is 0 Å². The van der Waals surface area contributed by atoms with Crippen LogP contribution in [0.5, 0.6) is 0 Å². The highest BCUT2D eigenvalue weighted by atomic mass is 79.9. The van der Waals surface area contributed by atoms with Crippen molar-refractivity contribution in [3.8, 4) is 0 Å². The molecule has 0 saturated heterocycles. The van der Waals surface area contributed by atoms with Crippen molar-refractivity contribution in [2.24, 2.45) is 0 Å². The zero-order chi connectivity index (χ0) is 14.0. The van der Waals surface area contributed by atoms with Gasteiger partial charge in [0, 0.05) is 13.6 Å². The molecule has 0 aliphatic heterocycles. The molecule has 100 valence electrons. The van der Waals surface area contributed by atoms with Crippen LogP contribution in [-0.4, -0.2) is 17.9 Å². The summed E-state index contributed by atoms with van der Waals surface area (Å²) in [6, 6.07) is 6.17. The minimum Gasteiger partial charge on any atom is -0.337 e. The molecule has 1 aromatic carbocycles. The number of carbonyl (C=O) groups is 1. The molecule has 2 rings (SSSR count). The number of hydrogen-bond donors (Lipinski definition) is 0. The van der Waals surface area contributed by atoms with Crippen LogP contribution in [-0.2, 0) is 6.54 Å².